The minimum absolute atomic E-state index is 0.0818. The number of nitrogens with zero attached hydrogens (tertiary/aromatic N) is 5. The van der Waals surface area contributed by atoms with E-state index in [4.69, 9.17) is 0 Å². The molecular weight excluding hydrogens is 473 g/mol. The van der Waals surface area contributed by atoms with Gasteiger partial charge in [0.05, 0.1) is 18.7 Å². The van der Waals surface area contributed by atoms with Gasteiger partial charge in [0.25, 0.3) is 5.91 Å². The highest BCUT2D eigenvalue weighted by atomic mass is 19.4. The van der Waals surface area contributed by atoms with Crippen LogP contribution in [-0.2, 0) is 17.9 Å². The Hall–Kier alpha value is -3.93. The lowest BCUT2D eigenvalue weighted by Crippen LogP contribution is -2.42. The molecule has 0 spiro atoms. The molecule has 0 saturated carbocycles. The monoisotopic (exact) mass is 500 g/mol. The Morgan fingerprint density at radius 1 is 1.31 bits per heavy atom. The Morgan fingerprint density at radius 2 is 2.11 bits per heavy atom. The fourth-order valence-electron chi connectivity index (χ4n) is 3.49. The highest BCUT2D eigenvalue weighted by Crippen LogP contribution is 2.29. The van der Waals surface area contributed by atoms with Gasteiger partial charge >= 0.3 is 12.0 Å². The third-order valence-corrected chi connectivity index (χ3v) is 5.21. The fourth-order valence-corrected chi connectivity index (χ4v) is 3.49. The number of amides is 1. The van der Waals surface area contributed by atoms with E-state index in [1.54, 1.807) is 24.8 Å². The number of allylic oxidation sites excluding steroid dienone is 2. The number of carbonyl (C=O) groups excluding carboxylic acids is 1. The Bertz CT molecular complexity index is 1180. The first-order chi connectivity index (χ1) is 17.3. The standard InChI is InChI=1S/C24H26F3N8O/c1-4-12-35-21(33-34-22(35)18-10-11-28-15-31-18)14-29-20-9-7-8-19(32-20)23(36)30-13-16(5-2)17(6-3)24(25,26)27/h5-11,15,20,29H,2-4,12-14H2,1H3,(H,30,36)/p+1/b17-16-. The number of hydrogen-bond donors (Lipinski definition) is 3. The maximum Gasteiger partial charge on any atom is 0.416 e. The summed E-state index contributed by atoms with van der Waals surface area (Å²) in [4.78, 5) is 25.1. The van der Waals surface area contributed by atoms with Crippen LogP contribution in [0.2, 0.25) is 0 Å². The smallest absolute Gasteiger partial charge is 0.347 e. The summed E-state index contributed by atoms with van der Waals surface area (Å²) in [6, 6.07) is 1.77. The van der Waals surface area contributed by atoms with Crippen LogP contribution in [0.1, 0.15) is 19.2 Å². The van der Waals surface area contributed by atoms with E-state index in [-0.39, 0.29) is 17.8 Å². The Balaban J connectivity index is 1.67. The number of aromatic nitrogens is 5. The van der Waals surface area contributed by atoms with Crippen molar-refractivity contribution in [3.63, 3.8) is 0 Å². The lowest BCUT2D eigenvalue weighted by atomic mass is 10.1. The predicted molar refractivity (Wildman–Crippen MR) is 128 cm³/mol. The van der Waals surface area contributed by atoms with Crippen LogP contribution >= 0.6 is 0 Å². The van der Waals surface area contributed by atoms with Crippen LogP contribution in [0.5, 0.6) is 0 Å². The normalized spacial score (nSPS) is 16.2. The minimum Gasteiger partial charge on any atom is -0.347 e. The van der Waals surface area contributed by atoms with E-state index in [1.807, 2.05) is 4.57 Å². The van der Waals surface area contributed by atoms with E-state index in [9.17, 15) is 18.0 Å². The number of hydrogen-bond acceptors (Lipinski definition) is 6. The molecule has 3 heterocycles. The SMILES string of the molecule is C=C/C(CNC(=O)C1=NC(NCc2[nH]nc(-c3ccncn3)[n+]2CCC)[CH]C=C1)=C(\C=C)C(F)(F)F. The van der Waals surface area contributed by atoms with Gasteiger partial charge < -0.3 is 5.32 Å². The summed E-state index contributed by atoms with van der Waals surface area (Å²) in [5, 5.41) is 13.1. The molecule has 36 heavy (non-hydrogen) atoms. The molecule has 12 heteroatoms. The van der Waals surface area contributed by atoms with Crippen molar-refractivity contribution in [3.05, 3.63) is 79.4 Å². The number of aromatic amines is 1. The summed E-state index contributed by atoms with van der Waals surface area (Å²) >= 11 is 0. The second-order valence-corrected chi connectivity index (χ2v) is 7.66. The zero-order valence-corrected chi connectivity index (χ0v) is 19.7. The Morgan fingerprint density at radius 3 is 2.75 bits per heavy atom. The summed E-state index contributed by atoms with van der Waals surface area (Å²) in [5.74, 6) is 0.861. The van der Waals surface area contributed by atoms with Crippen molar-refractivity contribution in [2.45, 2.75) is 38.8 Å². The molecule has 1 amide bonds. The van der Waals surface area contributed by atoms with Crippen molar-refractivity contribution in [1.82, 2.24) is 30.8 Å². The van der Waals surface area contributed by atoms with Crippen LogP contribution < -0.4 is 15.2 Å². The predicted octanol–water partition coefficient (Wildman–Crippen LogP) is 2.54. The van der Waals surface area contributed by atoms with E-state index < -0.39 is 23.8 Å². The maximum absolute atomic E-state index is 13.1. The minimum atomic E-state index is -4.60. The van der Waals surface area contributed by atoms with Crippen LogP contribution in [0.15, 0.2) is 72.2 Å². The second-order valence-electron chi connectivity index (χ2n) is 7.66. The number of rotatable bonds is 11. The summed E-state index contributed by atoms with van der Waals surface area (Å²) in [6.45, 7) is 9.37. The van der Waals surface area contributed by atoms with Gasteiger partial charge in [0, 0.05) is 24.3 Å². The Kier molecular flexibility index (Phi) is 9.01. The van der Waals surface area contributed by atoms with Gasteiger partial charge in [-0.25, -0.2) is 14.5 Å². The van der Waals surface area contributed by atoms with E-state index in [0.717, 1.165) is 18.3 Å². The fraction of sp³-hybridized carbons (Fsp3) is 0.292. The molecule has 189 valence electrons. The lowest BCUT2D eigenvalue weighted by molar-refractivity contribution is -0.694. The average Bonchev–Trinajstić information content (AvgIpc) is 3.27. The summed E-state index contributed by atoms with van der Waals surface area (Å²) < 4.78 is 41.4. The zero-order chi connectivity index (χ0) is 26.1. The molecule has 3 rings (SSSR count). The van der Waals surface area contributed by atoms with Crippen molar-refractivity contribution < 1.29 is 22.5 Å². The van der Waals surface area contributed by atoms with Crippen molar-refractivity contribution in [2.24, 2.45) is 4.99 Å². The van der Waals surface area contributed by atoms with Crippen LogP contribution in [0.4, 0.5) is 13.2 Å². The molecule has 0 aliphatic carbocycles. The lowest BCUT2D eigenvalue weighted by Gasteiger charge is -2.17. The molecular formula is C24H27F3N8O+. The third-order valence-electron chi connectivity index (χ3n) is 5.21. The van der Waals surface area contributed by atoms with E-state index in [0.29, 0.717) is 30.7 Å². The van der Waals surface area contributed by atoms with Crippen LogP contribution in [-0.4, -0.2) is 50.7 Å². The van der Waals surface area contributed by atoms with E-state index >= 15 is 0 Å². The molecule has 3 N–H and O–H groups in total. The summed E-state index contributed by atoms with van der Waals surface area (Å²) in [5.41, 5.74) is -0.374. The van der Waals surface area contributed by atoms with Gasteiger partial charge in [-0.3, -0.25) is 15.1 Å². The van der Waals surface area contributed by atoms with Gasteiger partial charge in [0.2, 0.25) is 5.82 Å². The van der Waals surface area contributed by atoms with Crippen LogP contribution in [0.25, 0.3) is 11.5 Å². The van der Waals surface area contributed by atoms with Gasteiger partial charge in [0.15, 0.2) is 0 Å². The van der Waals surface area contributed by atoms with E-state index in [2.05, 4.69) is 55.9 Å². The summed E-state index contributed by atoms with van der Waals surface area (Å²) in [7, 11) is 0. The molecule has 1 unspecified atom stereocenters. The number of H-pyrrole nitrogens is 1. The first-order valence-corrected chi connectivity index (χ1v) is 11.2. The second kappa shape index (κ2) is 12.2. The molecule has 1 atom stereocenters. The molecule has 1 radical (unpaired) electrons. The molecule has 0 bridgehead atoms. The largest absolute Gasteiger partial charge is 0.416 e. The Labute approximate surface area is 206 Å². The highest BCUT2D eigenvalue weighted by molar-refractivity contribution is 6.43. The number of carbonyl (C=O) groups is 1. The molecule has 0 fully saturated rings. The van der Waals surface area contributed by atoms with Gasteiger partial charge in [-0.05, 0) is 24.1 Å². The molecule has 1 aliphatic rings. The van der Waals surface area contributed by atoms with Gasteiger partial charge in [0.1, 0.15) is 23.9 Å². The van der Waals surface area contributed by atoms with Gasteiger partial charge in [-0.15, -0.1) is 5.10 Å². The maximum atomic E-state index is 13.1. The van der Waals surface area contributed by atoms with Gasteiger partial charge in [-0.1, -0.05) is 38.3 Å². The first-order valence-electron chi connectivity index (χ1n) is 11.2. The molecule has 1 aliphatic heterocycles. The topological polar surface area (TPSA) is 112 Å². The molecule has 0 aromatic carbocycles. The zero-order valence-electron chi connectivity index (χ0n) is 19.7. The van der Waals surface area contributed by atoms with Crippen molar-refractivity contribution in [2.75, 3.05) is 6.54 Å². The number of aliphatic imine (C=N–C) groups is 1. The molecule has 2 aromatic rings. The van der Waals surface area contributed by atoms with Crippen molar-refractivity contribution in [3.8, 4) is 11.5 Å². The highest BCUT2D eigenvalue weighted by Gasteiger charge is 2.33. The summed E-state index contributed by atoms with van der Waals surface area (Å²) in [6.07, 6.45) is 5.51. The third kappa shape index (κ3) is 6.60. The molecule has 0 saturated heterocycles. The van der Waals surface area contributed by atoms with E-state index in [1.165, 1.54) is 12.4 Å². The number of nitrogens with one attached hydrogen (secondary N) is 3. The number of alkyl halides is 3. The molecule has 2 aromatic heterocycles. The van der Waals surface area contributed by atoms with Crippen molar-refractivity contribution >= 4 is 11.6 Å². The van der Waals surface area contributed by atoms with Crippen molar-refractivity contribution in [1.29, 1.82) is 0 Å². The van der Waals surface area contributed by atoms with Crippen LogP contribution in [0.3, 0.4) is 0 Å². The molecule has 9 nitrogen and oxygen atoms in total. The first kappa shape index (κ1) is 26.7. The average molecular weight is 501 g/mol. The van der Waals surface area contributed by atoms with Gasteiger partial charge in [-0.2, -0.15) is 13.2 Å². The number of dihydropyridines is 1. The van der Waals surface area contributed by atoms with Crippen LogP contribution in [0, 0.1) is 6.42 Å². The quantitative estimate of drug-likeness (QED) is 0.324. The number of halogens is 3.